The van der Waals surface area contributed by atoms with Crippen LogP contribution < -0.4 is 4.74 Å². The number of aryl methyl sites for hydroxylation is 1. The summed E-state index contributed by atoms with van der Waals surface area (Å²) in [7, 11) is 1.80. The maximum absolute atomic E-state index is 12.2. The van der Waals surface area contributed by atoms with Crippen molar-refractivity contribution in [2.75, 3.05) is 6.61 Å². The first-order valence-electron chi connectivity index (χ1n) is 5.53. The number of fused-ring (bicyclic) bond motifs is 1. The van der Waals surface area contributed by atoms with Gasteiger partial charge in [0.1, 0.15) is 5.75 Å². The van der Waals surface area contributed by atoms with Crippen molar-refractivity contribution in [3.05, 3.63) is 47.3 Å². The van der Waals surface area contributed by atoms with E-state index in [2.05, 4.69) is 5.10 Å². The summed E-state index contributed by atoms with van der Waals surface area (Å²) in [5.74, 6) is 0.903. The fourth-order valence-corrected chi connectivity index (χ4v) is 2.03. The van der Waals surface area contributed by atoms with Crippen LogP contribution in [0.5, 0.6) is 5.75 Å². The second-order valence-electron chi connectivity index (χ2n) is 4.15. The number of nitrogens with zero attached hydrogens (tertiary/aromatic N) is 2. The number of benzene rings is 1. The first-order chi connectivity index (χ1) is 8.24. The highest BCUT2D eigenvalue weighted by atomic mass is 16.5. The first kappa shape index (κ1) is 10.1. The zero-order valence-electron chi connectivity index (χ0n) is 9.51. The van der Waals surface area contributed by atoms with Crippen molar-refractivity contribution >= 4 is 5.78 Å². The molecule has 0 aliphatic carbocycles. The molecule has 2 aromatic rings. The van der Waals surface area contributed by atoms with Gasteiger partial charge < -0.3 is 4.74 Å². The summed E-state index contributed by atoms with van der Waals surface area (Å²) < 4.78 is 7.04. The van der Waals surface area contributed by atoms with Crippen LogP contribution in [-0.2, 0) is 13.5 Å². The van der Waals surface area contributed by atoms with Gasteiger partial charge in [0.2, 0.25) is 0 Å². The lowest BCUT2D eigenvalue weighted by atomic mass is 10.0. The van der Waals surface area contributed by atoms with E-state index in [0.29, 0.717) is 17.7 Å². The lowest BCUT2D eigenvalue weighted by Crippen LogP contribution is -2.00. The summed E-state index contributed by atoms with van der Waals surface area (Å²) in [6, 6.07) is 5.59. The molecule has 1 aromatic carbocycles. The van der Waals surface area contributed by atoms with Crippen molar-refractivity contribution in [3.8, 4) is 5.75 Å². The van der Waals surface area contributed by atoms with Gasteiger partial charge in [-0.05, 0) is 23.8 Å². The average Bonchev–Trinajstić information content (AvgIpc) is 2.95. The summed E-state index contributed by atoms with van der Waals surface area (Å²) in [5.41, 5.74) is 2.42. The van der Waals surface area contributed by atoms with Gasteiger partial charge in [0, 0.05) is 25.2 Å². The van der Waals surface area contributed by atoms with Crippen molar-refractivity contribution in [1.82, 2.24) is 9.78 Å². The van der Waals surface area contributed by atoms with Crippen LogP contribution in [-0.4, -0.2) is 22.2 Å². The molecule has 0 bridgehead atoms. The minimum absolute atomic E-state index is 0.00722. The van der Waals surface area contributed by atoms with Crippen LogP contribution in [0.2, 0.25) is 0 Å². The SMILES string of the molecule is Cn1cc(C(=O)c2ccc3c(c2)CCO3)cn1. The summed E-state index contributed by atoms with van der Waals surface area (Å²) in [4.78, 5) is 12.2. The van der Waals surface area contributed by atoms with Crippen molar-refractivity contribution in [3.63, 3.8) is 0 Å². The third kappa shape index (κ3) is 1.71. The van der Waals surface area contributed by atoms with E-state index in [4.69, 9.17) is 4.74 Å². The van der Waals surface area contributed by atoms with E-state index in [1.54, 1.807) is 30.2 Å². The fourth-order valence-electron chi connectivity index (χ4n) is 2.03. The van der Waals surface area contributed by atoms with Crippen LogP contribution in [0.4, 0.5) is 0 Å². The predicted molar refractivity (Wildman–Crippen MR) is 62.3 cm³/mol. The monoisotopic (exact) mass is 228 g/mol. The van der Waals surface area contributed by atoms with E-state index in [0.717, 1.165) is 17.7 Å². The van der Waals surface area contributed by atoms with Crippen LogP contribution in [0.1, 0.15) is 21.5 Å². The highest BCUT2D eigenvalue weighted by Gasteiger charge is 2.16. The zero-order valence-corrected chi connectivity index (χ0v) is 9.51. The standard InChI is InChI=1S/C13H12N2O2/c1-15-8-11(7-14-15)13(16)10-2-3-12-9(6-10)4-5-17-12/h2-3,6-8H,4-5H2,1H3. The second kappa shape index (κ2) is 3.73. The number of hydrogen-bond acceptors (Lipinski definition) is 3. The van der Waals surface area contributed by atoms with Gasteiger partial charge >= 0.3 is 0 Å². The Hall–Kier alpha value is -2.10. The molecule has 0 atom stereocenters. The molecule has 0 saturated carbocycles. The Morgan fingerprint density at radius 1 is 1.41 bits per heavy atom. The number of carbonyl (C=O) groups excluding carboxylic acids is 1. The lowest BCUT2D eigenvalue weighted by molar-refractivity contribution is 0.103. The third-order valence-corrected chi connectivity index (χ3v) is 2.92. The Labute approximate surface area is 98.8 Å². The Balaban J connectivity index is 1.97. The smallest absolute Gasteiger partial charge is 0.196 e. The molecule has 17 heavy (non-hydrogen) atoms. The molecular formula is C13H12N2O2. The van der Waals surface area contributed by atoms with Gasteiger partial charge in [-0.25, -0.2) is 0 Å². The highest BCUT2D eigenvalue weighted by Crippen LogP contribution is 2.26. The normalized spacial score (nSPS) is 13.2. The Morgan fingerprint density at radius 3 is 3.06 bits per heavy atom. The molecule has 1 aliphatic rings. The van der Waals surface area contributed by atoms with Gasteiger partial charge in [0.25, 0.3) is 0 Å². The van der Waals surface area contributed by atoms with Crippen molar-refractivity contribution in [2.24, 2.45) is 7.05 Å². The van der Waals surface area contributed by atoms with Gasteiger partial charge in [-0.3, -0.25) is 9.48 Å². The summed E-state index contributed by atoms with van der Waals surface area (Å²) >= 11 is 0. The van der Waals surface area contributed by atoms with Crippen molar-refractivity contribution in [2.45, 2.75) is 6.42 Å². The summed E-state index contributed by atoms with van der Waals surface area (Å²) in [6.45, 7) is 0.708. The van der Waals surface area contributed by atoms with E-state index in [9.17, 15) is 4.79 Å². The van der Waals surface area contributed by atoms with E-state index >= 15 is 0 Å². The molecule has 0 N–H and O–H groups in total. The highest BCUT2D eigenvalue weighted by molar-refractivity contribution is 6.08. The molecule has 1 aliphatic heterocycles. The van der Waals surface area contributed by atoms with Crippen LogP contribution in [0.15, 0.2) is 30.6 Å². The molecule has 0 unspecified atom stereocenters. The molecule has 0 saturated heterocycles. The largest absolute Gasteiger partial charge is 0.493 e. The molecule has 0 radical (unpaired) electrons. The van der Waals surface area contributed by atoms with Crippen LogP contribution in [0, 0.1) is 0 Å². The molecule has 0 spiro atoms. The molecular weight excluding hydrogens is 216 g/mol. The molecule has 4 heteroatoms. The van der Waals surface area contributed by atoms with Crippen LogP contribution in [0.3, 0.4) is 0 Å². The molecule has 4 nitrogen and oxygen atoms in total. The molecule has 0 amide bonds. The van der Waals surface area contributed by atoms with Gasteiger partial charge in [0.05, 0.1) is 18.4 Å². The molecule has 0 fully saturated rings. The third-order valence-electron chi connectivity index (χ3n) is 2.92. The van der Waals surface area contributed by atoms with E-state index in [1.165, 1.54) is 0 Å². The topological polar surface area (TPSA) is 44.1 Å². The number of ether oxygens (including phenoxy) is 1. The van der Waals surface area contributed by atoms with E-state index in [1.807, 2.05) is 12.1 Å². The Bertz CT molecular complexity index is 587. The Morgan fingerprint density at radius 2 is 2.29 bits per heavy atom. The van der Waals surface area contributed by atoms with E-state index in [-0.39, 0.29) is 5.78 Å². The maximum atomic E-state index is 12.2. The number of carbonyl (C=O) groups is 1. The van der Waals surface area contributed by atoms with Crippen molar-refractivity contribution in [1.29, 1.82) is 0 Å². The lowest BCUT2D eigenvalue weighted by Gasteiger charge is -2.01. The Kier molecular flexibility index (Phi) is 2.21. The molecule has 86 valence electrons. The molecule has 3 rings (SSSR count). The van der Waals surface area contributed by atoms with Crippen LogP contribution in [0.25, 0.3) is 0 Å². The molecule has 1 aromatic heterocycles. The fraction of sp³-hybridized carbons (Fsp3) is 0.231. The number of hydrogen-bond donors (Lipinski definition) is 0. The number of aromatic nitrogens is 2. The first-order valence-corrected chi connectivity index (χ1v) is 5.53. The van der Waals surface area contributed by atoms with Gasteiger partial charge in [-0.1, -0.05) is 0 Å². The van der Waals surface area contributed by atoms with Crippen molar-refractivity contribution < 1.29 is 9.53 Å². The maximum Gasteiger partial charge on any atom is 0.196 e. The number of ketones is 1. The summed E-state index contributed by atoms with van der Waals surface area (Å²) in [5, 5.41) is 4.01. The second-order valence-corrected chi connectivity index (χ2v) is 4.15. The minimum atomic E-state index is 0.00722. The molecule has 2 heterocycles. The van der Waals surface area contributed by atoms with E-state index < -0.39 is 0 Å². The average molecular weight is 228 g/mol. The summed E-state index contributed by atoms with van der Waals surface area (Å²) in [6.07, 6.45) is 4.20. The zero-order chi connectivity index (χ0) is 11.8. The predicted octanol–water partition coefficient (Wildman–Crippen LogP) is 1.59. The van der Waals surface area contributed by atoms with Gasteiger partial charge in [-0.15, -0.1) is 0 Å². The van der Waals surface area contributed by atoms with Gasteiger partial charge in [0.15, 0.2) is 5.78 Å². The van der Waals surface area contributed by atoms with Gasteiger partial charge in [-0.2, -0.15) is 5.10 Å². The number of rotatable bonds is 2. The van der Waals surface area contributed by atoms with Crippen LogP contribution >= 0.6 is 0 Å². The quantitative estimate of drug-likeness (QED) is 0.733. The minimum Gasteiger partial charge on any atom is -0.493 e.